The zero-order valence-corrected chi connectivity index (χ0v) is 8.49. The van der Waals surface area contributed by atoms with Gasteiger partial charge in [-0.15, -0.1) is 0 Å². The second-order valence-corrected chi connectivity index (χ2v) is 3.87. The Bertz CT molecular complexity index is 320. The highest BCUT2D eigenvalue weighted by molar-refractivity contribution is 5.44. The van der Waals surface area contributed by atoms with Gasteiger partial charge in [-0.05, 0) is 24.0 Å². The molecule has 2 heteroatoms. The fourth-order valence-electron chi connectivity index (χ4n) is 1.90. The fraction of sp³-hybridized carbons (Fsp3) is 0.500. The molecule has 1 atom stereocenters. The van der Waals surface area contributed by atoms with Crippen molar-refractivity contribution < 1.29 is 9.84 Å². The molecule has 14 heavy (non-hydrogen) atoms. The number of ether oxygens (including phenoxy) is 1. The molecule has 1 aromatic rings. The third kappa shape index (κ3) is 1.62. The van der Waals surface area contributed by atoms with E-state index >= 15 is 0 Å². The third-order valence-corrected chi connectivity index (χ3v) is 2.77. The Hall–Kier alpha value is -1.02. The molecule has 2 rings (SSSR count). The van der Waals surface area contributed by atoms with Crippen molar-refractivity contribution in [3.63, 3.8) is 0 Å². The maximum Gasteiger partial charge on any atom is 0.126 e. The SMILES string of the molecule is CC(CO)c1cccc2c1OCCC2. The van der Waals surface area contributed by atoms with E-state index in [1.54, 1.807) is 0 Å². The number of fused-ring (bicyclic) bond motifs is 1. The van der Waals surface area contributed by atoms with Crippen LogP contribution in [0.15, 0.2) is 18.2 Å². The first-order chi connectivity index (χ1) is 6.83. The normalized spacial score (nSPS) is 17.0. The summed E-state index contributed by atoms with van der Waals surface area (Å²) < 4.78 is 5.67. The second-order valence-electron chi connectivity index (χ2n) is 3.87. The van der Waals surface area contributed by atoms with Gasteiger partial charge in [0.1, 0.15) is 5.75 Å². The molecule has 0 aliphatic carbocycles. The Balaban J connectivity index is 2.39. The zero-order valence-electron chi connectivity index (χ0n) is 8.49. The molecule has 0 amide bonds. The summed E-state index contributed by atoms with van der Waals surface area (Å²) in [7, 11) is 0. The van der Waals surface area contributed by atoms with Crippen molar-refractivity contribution in [3.8, 4) is 5.75 Å². The molecule has 1 aromatic carbocycles. The Morgan fingerprint density at radius 3 is 3.14 bits per heavy atom. The molecule has 0 radical (unpaired) electrons. The van der Waals surface area contributed by atoms with Crippen molar-refractivity contribution in [1.29, 1.82) is 0 Å². The Morgan fingerprint density at radius 2 is 2.36 bits per heavy atom. The van der Waals surface area contributed by atoms with Crippen molar-refractivity contribution in [3.05, 3.63) is 29.3 Å². The fourth-order valence-corrected chi connectivity index (χ4v) is 1.90. The van der Waals surface area contributed by atoms with Crippen molar-refractivity contribution in [2.45, 2.75) is 25.7 Å². The third-order valence-electron chi connectivity index (χ3n) is 2.77. The van der Waals surface area contributed by atoms with E-state index in [0.29, 0.717) is 0 Å². The van der Waals surface area contributed by atoms with Crippen LogP contribution in [-0.4, -0.2) is 18.3 Å². The van der Waals surface area contributed by atoms with Gasteiger partial charge in [0.05, 0.1) is 6.61 Å². The van der Waals surface area contributed by atoms with E-state index in [4.69, 9.17) is 9.84 Å². The average Bonchev–Trinajstić information content (AvgIpc) is 2.27. The van der Waals surface area contributed by atoms with E-state index < -0.39 is 0 Å². The van der Waals surface area contributed by atoms with Gasteiger partial charge in [-0.25, -0.2) is 0 Å². The van der Waals surface area contributed by atoms with Crippen LogP contribution in [0, 0.1) is 0 Å². The number of rotatable bonds is 2. The smallest absolute Gasteiger partial charge is 0.126 e. The van der Waals surface area contributed by atoms with Gasteiger partial charge in [-0.2, -0.15) is 0 Å². The number of aryl methyl sites for hydroxylation is 1. The predicted octanol–water partition coefficient (Wildman–Crippen LogP) is 2.11. The average molecular weight is 192 g/mol. The highest BCUT2D eigenvalue weighted by Gasteiger charge is 2.17. The van der Waals surface area contributed by atoms with Gasteiger partial charge in [-0.3, -0.25) is 0 Å². The zero-order chi connectivity index (χ0) is 9.97. The molecule has 1 N–H and O–H groups in total. The van der Waals surface area contributed by atoms with Crippen molar-refractivity contribution in [1.82, 2.24) is 0 Å². The van der Waals surface area contributed by atoms with Crippen LogP contribution in [0.3, 0.4) is 0 Å². The summed E-state index contributed by atoms with van der Waals surface area (Å²) >= 11 is 0. The van der Waals surface area contributed by atoms with E-state index in [1.807, 2.05) is 13.0 Å². The maximum absolute atomic E-state index is 9.13. The monoisotopic (exact) mass is 192 g/mol. The largest absolute Gasteiger partial charge is 0.493 e. The molecule has 2 nitrogen and oxygen atoms in total. The Kier molecular flexibility index (Phi) is 2.73. The first-order valence-corrected chi connectivity index (χ1v) is 5.18. The molecule has 1 unspecified atom stereocenters. The van der Waals surface area contributed by atoms with Crippen molar-refractivity contribution in [2.24, 2.45) is 0 Å². The molecule has 0 aromatic heterocycles. The summed E-state index contributed by atoms with van der Waals surface area (Å²) in [5, 5.41) is 9.13. The predicted molar refractivity (Wildman–Crippen MR) is 55.8 cm³/mol. The first kappa shape index (κ1) is 9.53. The van der Waals surface area contributed by atoms with Crippen LogP contribution >= 0.6 is 0 Å². The lowest BCUT2D eigenvalue weighted by Gasteiger charge is -2.22. The van der Waals surface area contributed by atoms with Gasteiger partial charge in [0.2, 0.25) is 0 Å². The quantitative estimate of drug-likeness (QED) is 0.777. The van der Waals surface area contributed by atoms with Gasteiger partial charge >= 0.3 is 0 Å². The summed E-state index contributed by atoms with van der Waals surface area (Å²) in [4.78, 5) is 0. The van der Waals surface area contributed by atoms with E-state index in [-0.39, 0.29) is 12.5 Å². The summed E-state index contributed by atoms with van der Waals surface area (Å²) in [6, 6.07) is 6.21. The molecular weight excluding hydrogens is 176 g/mol. The summed E-state index contributed by atoms with van der Waals surface area (Å²) in [6.45, 7) is 3.01. The van der Waals surface area contributed by atoms with Crippen LogP contribution in [0.2, 0.25) is 0 Å². The lowest BCUT2D eigenvalue weighted by atomic mass is 9.95. The van der Waals surface area contributed by atoms with E-state index in [9.17, 15) is 0 Å². The van der Waals surface area contributed by atoms with Crippen LogP contribution in [0.5, 0.6) is 5.75 Å². The molecule has 1 aliphatic rings. The summed E-state index contributed by atoms with van der Waals surface area (Å²) in [5.74, 6) is 1.18. The second kappa shape index (κ2) is 4.01. The number of aliphatic hydroxyl groups is 1. The van der Waals surface area contributed by atoms with Crippen molar-refractivity contribution >= 4 is 0 Å². The van der Waals surface area contributed by atoms with Crippen LogP contribution in [0.1, 0.15) is 30.4 Å². The van der Waals surface area contributed by atoms with Crippen LogP contribution in [0.4, 0.5) is 0 Å². The van der Waals surface area contributed by atoms with Crippen LogP contribution in [-0.2, 0) is 6.42 Å². The molecule has 0 saturated heterocycles. The first-order valence-electron chi connectivity index (χ1n) is 5.18. The molecule has 0 saturated carbocycles. The van der Waals surface area contributed by atoms with Gasteiger partial charge < -0.3 is 9.84 Å². The standard InChI is InChI=1S/C12H16O2/c1-9(8-13)11-6-2-4-10-5-3-7-14-12(10)11/h2,4,6,9,13H,3,5,7-8H2,1H3. The Morgan fingerprint density at radius 1 is 1.50 bits per heavy atom. The molecule has 0 spiro atoms. The van der Waals surface area contributed by atoms with Crippen molar-refractivity contribution in [2.75, 3.05) is 13.2 Å². The molecule has 76 valence electrons. The lowest BCUT2D eigenvalue weighted by Crippen LogP contribution is -2.12. The van der Waals surface area contributed by atoms with E-state index in [1.165, 1.54) is 5.56 Å². The van der Waals surface area contributed by atoms with Gasteiger partial charge in [0.25, 0.3) is 0 Å². The maximum atomic E-state index is 9.13. The number of hydrogen-bond acceptors (Lipinski definition) is 2. The molecule has 0 bridgehead atoms. The Labute approximate surface area is 84.5 Å². The number of aliphatic hydroxyl groups excluding tert-OH is 1. The van der Waals surface area contributed by atoms with E-state index in [2.05, 4.69) is 12.1 Å². The van der Waals surface area contributed by atoms with Gasteiger partial charge in [-0.1, -0.05) is 25.1 Å². The molecule has 1 aliphatic heterocycles. The minimum Gasteiger partial charge on any atom is -0.493 e. The van der Waals surface area contributed by atoms with Crippen LogP contribution in [0.25, 0.3) is 0 Å². The molecule has 0 fully saturated rings. The molecule has 1 heterocycles. The summed E-state index contributed by atoms with van der Waals surface area (Å²) in [6.07, 6.45) is 2.20. The lowest BCUT2D eigenvalue weighted by molar-refractivity contribution is 0.257. The topological polar surface area (TPSA) is 29.5 Å². The summed E-state index contributed by atoms with van der Waals surface area (Å²) in [5.41, 5.74) is 2.43. The minimum atomic E-state index is 0.169. The van der Waals surface area contributed by atoms with Crippen LogP contribution < -0.4 is 4.74 Å². The highest BCUT2D eigenvalue weighted by Crippen LogP contribution is 2.33. The van der Waals surface area contributed by atoms with Gasteiger partial charge in [0, 0.05) is 12.5 Å². The number of benzene rings is 1. The van der Waals surface area contributed by atoms with Gasteiger partial charge in [0.15, 0.2) is 0 Å². The van der Waals surface area contributed by atoms with E-state index in [0.717, 1.165) is 30.8 Å². The number of para-hydroxylation sites is 1. The molecular formula is C12H16O2. The highest BCUT2D eigenvalue weighted by atomic mass is 16.5. The minimum absolute atomic E-state index is 0.169. The number of hydrogen-bond donors (Lipinski definition) is 1.